The zero-order chi connectivity index (χ0) is 16.7. The van der Waals surface area contributed by atoms with Crippen molar-refractivity contribution in [2.75, 3.05) is 26.2 Å². The molecule has 2 rings (SSSR count). The van der Waals surface area contributed by atoms with Crippen molar-refractivity contribution in [2.45, 2.75) is 53.1 Å². The number of guanidine groups is 1. The molecule has 0 amide bonds. The summed E-state index contributed by atoms with van der Waals surface area (Å²) >= 11 is 1.79. The summed E-state index contributed by atoms with van der Waals surface area (Å²) in [5.41, 5.74) is 1.34. The van der Waals surface area contributed by atoms with Crippen molar-refractivity contribution >= 4 is 41.3 Å². The maximum Gasteiger partial charge on any atom is 0.191 e. The molecule has 1 aromatic heterocycles. The molecule has 0 bridgehead atoms. The van der Waals surface area contributed by atoms with Gasteiger partial charge in [-0.1, -0.05) is 0 Å². The van der Waals surface area contributed by atoms with E-state index in [-0.39, 0.29) is 24.0 Å². The number of nitrogens with zero attached hydrogens (tertiary/aromatic N) is 2. The molecule has 0 radical (unpaired) electrons. The molecular formula is C18H33IN4S. The van der Waals surface area contributed by atoms with Gasteiger partial charge in [0, 0.05) is 30.6 Å². The second kappa shape index (κ2) is 11.3. The van der Waals surface area contributed by atoms with Crippen LogP contribution in [-0.2, 0) is 6.54 Å². The maximum atomic E-state index is 4.75. The number of hydrogen-bond acceptors (Lipinski definition) is 3. The average molecular weight is 464 g/mol. The van der Waals surface area contributed by atoms with Crippen molar-refractivity contribution in [1.82, 2.24) is 15.5 Å². The Labute approximate surface area is 168 Å². The van der Waals surface area contributed by atoms with Crippen LogP contribution in [-0.4, -0.2) is 43.1 Å². The first kappa shape index (κ1) is 21.7. The fraction of sp³-hybridized carbons (Fsp3) is 0.722. The normalized spacial score (nSPS) is 19.2. The van der Waals surface area contributed by atoms with Gasteiger partial charge >= 0.3 is 0 Å². The number of thiophene rings is 1. The topological polar surface area (TPSA) is 39.7 Å². The van der Waals surface area contributed by atoms with Gasteiger partial charge in [0.05, 0.1) is 6.54 Å². The van der Waals surface area contributed by atoms with Crippen LogP contribution in [0.2, 0.25) is 0 Å². The first-order valence-corrected chi connectivity index (χ1v) is 9.77. The third-order valence-electron chi connectivity index (χ3n) is 4.53. The van der Waals surface area contributed by atoms with Gasteiger partial charge in [-0.05, 0) is 70.0 Å². The quantitative estimate of drug-likeness (QED) is 0.382. The predicted octanol–water partition coefficient (Wildman–Crippen LogP) is 3.85. The highest BCUT2D eigenvalue weighted by Crippen LogP contribution is 2.18. The molecule has 1 fully saturated rings. The third kappa shape index (κ3) is 6.88. The summed E-state index contributed by atoms with van der Waals surface area (Å²) < 4.78 is 0. The number of aliphatic imine (C=N–C) groups is 1. The number of halogens is 1. The van der Waals surface area contributed by atoms with Gasteiger partial charge in [-0.3, -0.25) is 0 Å². The second-order valence-corrected chi connectivity index (χ2v) is 7.70. The van der Waals surface area contributed by atoms with Crippen LogP contribution in [0.1, 0.15) is 44.1 Å². The molecule has 1 aromatic rings. The lowest BCUT2D eigenvalue weighted by atomic mass is 9.97. The number of aryl methyl sites for hydroxylation is 1. The molecule has 2 N–H and O–H groups in total. The summed E-state index contributed by atoms with van der Waals surface area (Å²) in [6.07, 6.45) is 2.63. The largest absolute Gasteiger partial charge is 0.357 e. The van der Waals surface area contributed by atoms with Gasteiger partial charge in [0.2, 0.25) is 0 Å². The highest BCUT2D eigenvalue weighted by molar-refractivity contribution is 14.0. The first-order chi connectivity index (χ1) is 11.1. The molecule has 138 valence electrons. The van der Waals surface area contributed by atoms with Crippen molar-refractivity contribution < 1.29 is 0 Å². The molecule has 0 aromatic carbocycles. The Morgan fingerprint density at radius 3 is 2.83 bits per heavy atom. The van der Waals surface area contributed by atoms with Crippen LogP contribution in [0.5, 0.6) is 0 Å². The van der Waals surface area contributed by atoms with Gasteiger partial charge in [0.15, 0.2) is 5.96 Å². The number of piperidine rings is 1. The lowest BCUT2D eigenvalue weighted by molar-refractivity contribution is 0.141. The van der Waals surface area contributed by atoms with Crippen molar-refractivity contribution in [3.63, 3.8) is 0 Å². The Morgan fingerprint density at radius 2 is 2.21 bits per heavy atom. The number of likely N-dealkylation sites (tertiary alicyclic amines) is 1. The van der Waals surface area contributed by atoms with Gasteiger partial charge in [0.25, 0.3) is 0 Å². The van der Waals surface area contributed by atoms with Crippen molar-refractivity contribution in [1.29, 1.82) is 0 Å². The lowest BCUT2D eigenvalue weighted by Crippen LogP contribution is -2.46. The Morgan fingerprint density at radius 1 is 1.42 bits per heavy atom. The van der Waals surface area contributed by atoms with E-state index in [1.54, 1.807) is 11.3 Å². The molecule has 1 unspecified atom stereocenters. The van der Waals surface area contributed by atoms with Crippen molar-refractivity contribution in [2.24, 2.45) is 10.9 Å². The summed E-state index contributed by atoms with van der Waals surface area (Å²) in [5.74, 6) is 1.67. The van der Waals surface area contributed by atoms with Gasteiger partial charge in [-0.2, -0.15) is 0 Å². The van der Waals surface area contributed by atoms with E-state index in [1.807, 2.05) is 0 Å². The zero-order valence-corrected chi connectivity index (χ0v) is 18.6. The van der Waals surface area contributed by atoms with Crippen molar-refractivity contribution in [3.8, 4) is 0 Å². The van der Waals surface area contributed by atoms with E-state index in [0.29, 0.717) is 6.04 Å². The Hall–Kier alpha value is -0.340. The highest BCUT2D eigenvalue weighted by Gasteiger charge is 2.21. The van der Waals surface area contributed by atoms with Gasteiger partial charge in [-0.15, -0.1) is 35.3 Å². The van der Waals surface area contributed by atoms with Crippen LogP contribution < -0.4 is 10.6 Å². The van der Waals surface area contributed by atoms with Crippen LogP contribution >= 0.6 is 35.3 Å². The smallest absolute Gasteiger partial charge is 0.191 e. The molecule has 1 aliphatic rings. The molecule has 1 aliphatic heterocycles. The fourth-order valence-corrected chi connectivity index (χ4v) is 3.86. The molecule has 1 saturated heterocycles. The summed E-state index contributed by atoms with van der Waals surface area (Å²) in [4.78, 5) is 8.69. The maximum absolute atomic E-state index is 4.75. The summed E-state index contributed by atoms with van der Waals surface area (Å²) in [6.45, 7) is 14.0. The molecule has 2 heterocycles. The molecule has 24 heavy (non-hydrogen) atoms. The highest BCUT2D eigenvalue weighted by atomic mass is 127. The monoisotopic (exact) mass is 464 g/mol. The summed E-state index contributed by atoms with van der Waals surface area (Å²) in [5, 5.41) is 9.06. The minimum absolute atomic E-state index is 0. The van der Waals surface area contributed by atoms with E-state index < -0.39 is 0 Å². The van der Waals surface area contributed by atoms with Crippen LogP contribution in [0.4, 0.5) is 0 Å². The van der Waals surface area contributed by atoms with E-state index in [2.05, 4.69) is 54.7 Å². The summed E-state index contributed by atoms with van der Waals surface area (Å²) in [7, 11) is 0. The van der Waals surface area contributed by atoms with E-state index in [4.69, 9.17) is 4.99 Å². The Kier molecular flexibility index (Phi) is 10.2. The molecule has 0 spiro atoms. The summed E-state index contributed by atoms with van der Waals surface area (Å²) in [6, 6.07) is 2.82. The number of hydrogen-bond donors (Lipinski definition) is 2. The zero-order valence-electron chi connectivity index (χ0n) is 15.5. The van der Waals surface area contributed by atoms with Crippen LogP contribution in [0.25, 0.3) is 0 Å². The minimum Gasteiger partial charge on any atom is -0.357 e. The third-order valence-corrected chi connectivity index (χ3v) is 5.54. The van der Waals surface area contributed by atoms with Gasteiger partial charge < -0.3 is 15.5 Å². The van der Waals surface area contributed by atoms with E-state index >= 15 is 0 Å². The molecule has 0 saturated carbocycles. The number of nitrogens with one attached hydrogen (secondary N) is 2. The average Bonchev–Trinajstić information content (AvgIpc) is 2.95. The number of rotatable bonds is 6. The fourth-order valence-electron chi connectivity index (χ4n) is 3.03. The molecule has 1 atom stereocenters. The molecule has 0 aliphatic carbocycles. The molecule has 4 nitrogen and oxygen atoms in total. The lowest BCUT2D eigenvalue weighted by Gasteiger charge is -2.35. The van der Waals surface area contributed by atoms with Crippen LogP contribution in [0.15, 0.2) is 16.4 Å². The van der Waals surface area contributed by atoms with E-state index in [1.165, 1.54) is 36.4 Å². The minimum atomic E-state index is 0. The van der Waals surface area contributed by atoms with Gasteiger partial charge in [0.1, 0.15) is 0 Å². The van der Waals surface area contributed by atoms with E-state index in [9.17, 15) is 0 Å². The van der Waals surface area contributed by atoms with Crippen molar-refractivity contribution in [3.05, 3.63) is 21.9 Å². The van der Waals surface area contributed by atoms with Crippen LogP contribution in [0.3, 0.4) is 0 Å². The standard InChI is InChI=1S/C18H32N4S.HI/c1-5-19-18(21-12-17-15(4)8-10-23-17)20-11-16-7-6-9-22(13-16)14(2)3;/h8,10,14,16H,5-7,9,11-13H2,1-4H3,(H2,19,20,21);1H. The molecular weight excluding hydrogens is 431 g/mol. The van der Waals surface area contributed by atoms with Crippen LogP contribution in [0, 0.1) is 12.8 Å². The Balaban J connectivity index is 0.00000288. The SMILES string of the molecule is CCNC(=NCc1sccc1C)NCC1CCCN(C(C)C)C1.I. The molecule has 6 heteroatoms. The Bertz CT molecular complexity index is 501. The second-order valence-electron chi connectivity index (χ2n) is 6.70. The first-order valence-electron chi connectivity index (χ1n) is 8.89. The van der Waals surface area contributed by atoms with E-state index in [0.717, 1.165) is 31.5 Å². The predicted molar refractivity (Wildman–Crippen MR) is 117 cm³/mol. The van der Waals surface area contributed by atoms with Gasteiger partial charge in [-0.25, -0.2) is 4.99 Å².